The van der Waals surface area contributed by atoms with Gasteiger partial charge < -0.3 is 14.7 Å². The van der Waals surface area contributed by atoms with E-state index in [9.17, 15) is 14.4 Å². The third kappa shape index (κ3) is 4.58. The SMILES string of the molecule is COc1ccc(C(C)=O)cc1CC(=O)N(CC(=O)O)C(C)C. The number of nitrogens with zero attached hydrogens (tertiary/aromatic N) is 1. The van der Waals surface area contributed by atoms with Crippen molar-refractivity contribution in [2.75, 3.05) is 13.7 Å². The molecule has 1 aromatic rings. The summed E-state index contributed by atoms with van der Waals surface area (Å²) in [6, 6.07) is 4.65. The molecule has 0 spiro atoms. The van der Waals surface area contributed by atoms with E-state index in [0.29, 0.717) is 16.9 Å². The molecule has 0 atom stereocenters. The fourth-order valence-electron chi connectivity index (χ4n) is 2.10. The fraction of sp³-hybridized carbons (Fsp3) is 0.438. The van der Waals surface area contributed by atoms with Gasteiger partial charge in [0.2, 0.25) is 5.91 Å². The zero-order chi connectivity index (χ0) is 16.9. The second-order valence-corrected chi connectivity index (χ2v) is 5.27. The topological polar surface area (TPSA) is 83.9 Å². The highest BCUT2D eigenvalue weighted by atomic mass is 16.5. The van der Waals surface area contributed by atoms with Gasteiger partial charge in [0, 0.05) is 17.2 Å². The first-order chi connectivity index (χ1) is 10.3. The number of carboxylic acid groups (broad SMARTS) is 1. The number of hydrogen-bond donors (Lipinski definition) is 1. The fourth-order valence-corrected chi connectivity index (χ4v) is 2.10. The smallest absolute Gasteiger partial charge is 0.323 e. The van der Waals surface area contributed by atoms with E-state index in [0.717, 1.165) is 0 Å². The van der Waals surface area contributed by atoms with E-state index < -0.39 is 5.97 Å². The Morgan fingerprint density at radius 1 is 1.27 bits per heavy atom. The van der Waals surface area contributed by atoms with Crippen LogP contribution in [0, 0.1) is 0 Å². The molecule has 0 radical (unpaired) electrons. The second kappa shape index (κ2) is 7.59. The third-order valence-electron chi connectivity index (χ3n) is 3.28. The summed E-state index contributed by atoms with van der Waals surface area (Å²) in [5.74, 6) is -0.997. The zero-order valence-electron chi connectivity index (χ0n) is 13.3. The molecule has 0 unspecified atom stereocenters. The number of benzene rings is 1. The third-order valence-corrected chi connectivity index (χ3v) is 3.28. The van der Waals surface area contributed by atoms with Crippen molar-refractivity contribution in [3.63, 3.8) is 0 Å². The van der Waals surface area contributed by atoms with Gasteiger partial charge in [-0.2, -0.15) is 0 Å². The van der Waals surface area contributed by atoms with Crippen molar-refractivity contribution in [2.24, 2.45) is 0 Å². The molecule has 22 heavy (non-hydrogen) atoms. The van der Waals surface area contributed by atoms with Crippen LogP contribution in [0.25, 0.3) is 0 Å². The van der Waals surface area contributed by atoms with Crippen LogP contribution in [0.1, 0.15) is 36.7 Å². The van der Waals surface area contributed by atoms with Gasteiger partial charge in [-0.1, -0.05) is 0 Å². The standard InChI is InChI=1S/C16H21NO5/c1-10(2)17(9-16(20)21)15(19)8-13-7-12(11(3)18)5-6-14(13)22-4/h5-7,10H,8-9H2,1-4H3,(H,20,21). The quantitative estimate of drug-likeness (QED) is 0.776. The van der Waals surface area contributed by atoms with Gasteiger partial charge in [0.1, 0.15) is 12.3 Å². The number of Topliss-reactive ketones (excluding diaryl/α,β-unsaturated/α-hetero) is 1. The number of methoxy groups -OCH3 is 1. The van der Waals surface area contributed by atoms with E-state index in [1.54, 1.807) is 32.0 Å². The van der Waals surface area contributed by atoms with Crippen molar-refractivity contribution >= 4 is 17.7 Å². The summed E-state index contributed by atoms with van der Waals surface area (Å²) >= 11 is 0. The Morgan fingerprint density at radius 3 is 2.36 bits per heavy atom. The average molecular weight is 307 g/mol. The summed E-state index contributed by atoms with van der Waals surface area (Å²) in [5, 5.41) is 8.90. The Labute approximate surface area is 129 Å². The van der Waals surface area contributed by atoms with Crippen LogP contribution in [-0.2, 0) is 16.0 Å². The van der Waals surface area contributed by atoms with Crippen LogP contribution in [0.3, 0.4) is 0 Å². The van der Waals surface area contributed by atoms with Gasteiger partial charge in [-0.15, -0.1) is 0 Å². The molecule has 1 rings (SSSR count). The van der Waals surface area contributed by atoms with Crippen LogP contribution in [0.2, 0.25) is 0 Å². The number of carbonyl (C=O) groups excluding carboxylic acids is 2. The molecular formula is C16H21NO5. The zero-order valence-corrected chi connectivity index (χ0v) is 13.3. The molecule has 0 saturated carbocycles. The molecule has 1 aromatic carbocycles. The number of amides is 1. The molecule has 1 N–H and O–H groups in total. The summed E-state index contributed by atoms with van der Waals surface area (Å²) in [4.78, 5) is 36.0. The normalized spacial score (nSPS) is 10.4. The molecule has 0 bridgehead atoms. The van der Waals surface area contributed by atoms with Crippen molar-refractivity contribution in [3.05, 3.63) is 29.3 Å². The van der Waals surface area contributed by atoms with E-state index in [4.69, 9.17) is 9.84 Å². The molecule has 0 aliphatic heterocycles. The number of ketones is 1. The van der Waals surface area contributed by atoms with Crippen molar-refractivity contribution in [1.82, 2.24) is 4.90 Å². The maximum atomic E-state index is 12.4. The lowest BCUT2D eigenvalue weighted by Crippen LogP contribution is -2.41. The van der Waals surface area contributed by atoms with Gasteiger partial charge in [0.15, 0.2) is 5.78 Å². The maximum Gasteiger partial charge on any atom is 0.323 e. The van der Waals surface area contributed by atoms with Gasteiger partial charge in [0.25, 0.3) is 0 Å². The van der Waals surface area contributed by atoms with Gasteiger partial charge >= 0.3 is 5.97 Å². The predicted octanol–water partition coefficient (Wildman–Crippen LogP) is 1.76. The Bertz CT molecular complexity index is 580. The van der Waals surface area contributed by atoms with E-state index in [2.05, 4.69) is 0 Å². The number of ether oxygens (including phenoxy) is 1. The van der Waals surface area contributed by atoms with Crippen LogP contribution < -0.4 is 4.74 Å². The monoisotopic (exact) mass is 307 g/mol. The number of carboxylic acids is 1. The van der Waals surface area contributed by atoms with Crippen molar-refractivity contribution in [1.29, 1.82) is 0 Å². The minimum atomic E-state index is -1.06. The first-order valence-corrected chi connectivity index (χ1v) is 6.95. The number of aliphatic carboxylic acids is 1. The van der Waals surface area contributed by atoms with Crippen LogP contribution in [0.4, 0.5) is 0 Å². The molecule has 0 heterocycles. The van der Waals surface area contributed by atoms with Gasteiger partial charge in [-0.25, -0.2) is 0 Å². The highest BCUT2D eigenvalue weighted by molar-refractivity contribution is 5.95. The van der Waals surface area contributed by atoms with Crippen molar-refractivity contribution in [2.45, 2.75) is 33.2 Å². The summed E-state index contributed by atoms with van der Waals surface area (Å²) in [5.41, 5.74) is 1.05. The summed E-state index contributed by atoms with van der Waals surface area (Å²) < 4.78 is 5.20. The van der Waals surface area contributed by atoms with Gasteiger partial charge in [-0.3, -0.25) is 14.4 Å². The van der Waals surface area contributed by atoms with Crippen LogP contribution >= 0.6 is 0 Å². The summed E-state index contributed by atoms with van der Waals surface area (Å²) in [7, 11) is 1.48. The number of carbonyl (C=O) groups is 3. The predicted molar refractivity (Wildman–Crippen MR) is 81.2 cm³/mol. The average Bonchev–Trinajstić information content (AvgIpc) is 2.43. The maximum absolute atomic E-state index is 12.4. The first kappa shape index (κ1) is 17.7. The highest BCUT2D eigenvalue weighted by Crippen LogP contribution is 2.22. The van der Waals surface area contributed by atoms with Crippen LogP contribution in [-0.4, -0.2) is 47.4 Å². The molecule has 1 amide bonds. The van der Waals surface area contributed by atoms with Crippen molar-refractivity contribution in [3.8, 4) is 5.75 Å². The minimum Gasteiger partial charge on any atom is -0.496 e. The molecule has 0 saturated heterocycles. The lowest BCUT2D eigenvalue weighted by molar-refractivity contribution is -0.145. The van der Waals surface area contributed by atoms with Gasteiger partial charge in [0.05, 0.1) is 13.5 Å². The second-order valence-electron chi connectivity index (χ2n) is 5.27. The summed E-state index contributed by atoms with van der Waals surface area (Å²) in [6.45, 7) is 4.59. The number of hydrogen-bond acceptors (Lipinski definition) is 4. The molecule has 120 valence electrons. The first-order valence-electron chi connectivity index (χ1n) is 6.95. The largest absolute Gasteiger partial charge is 0.496 e. The van der Waals surface area contributed by atoms with Gasteiger partial charge in [-0.05, 0) is 39.0 Å². The number of rotatable bonds is 7. The molecular weight excluding hydrogens is 286 g/mol. The van der Waals surface area contributed by atoms with E-state index in [1.165, 1.54) is 18.9 Å². The minimum absolute atomic E-state index is 0.0181. The van der Waals surface area contributed by atoms with E-state index in [1.807, 2.05) is 0 Å². The van der Waals surface area contributed by atoms with Crippen LogP contribution in [0.15, 0.2) is 18.2 Å². The van der Waals surface area contributed by atoms with Crippen LogP contribution in [0.5, 0.6) is 5.75 Å². The molecule has 0 fully saturated rings. The Morgan fingerprint density at radius 2 is 1.91 bits per heavy atom. The van der Waals surface area contributed by atoms with E-state index >= 15 is 0 Å². The van der Waals surface area contributed by atoms with E-state index in [-0.39, 0.29) is 30.7 Å². The molecule has 0 aromatic heterocycles. The van der Waals surface area contributed by atoms with Crippen molar-refractivity contribution < 1.29 is 24.2 Å². The Balaban J connectivity index is 3.05. The molecule has 0 aliphatic rings. The lowest BCUT2D eigenvalue weighted by atomic mass is 10.0. The molecule has 6 heteroatoms. The summed E-state index contributed by atoms with van der Waals surface area (Å²) in [6.07, 6.45) is -0.0181. The molecule has 0 aliphatic carbocycles. The Kier molecular flexibility index (Phi) is 6.10. The lowest BCUT2D eigenvalue weighted by Gasteiger charge is -2.25. The highest BCUT2D eigenvalue weighted by Gasteiger charge is 2.21. The Hall–Kier alpha value is -2.37. The molecule has 6 nitrogen and oxygen atoms in total.